The number of benzene rings is 1. The quantitative estimate of drug-likeness (QED) is 0.912. The molecule has 0 unspecified atom stereocenters. The molecule has 3 rings (SSSR count). The van der Waals surface area contributed by atoms with Gasteiger partial charge in [-0.2, -0.15) is 0 Å². The molecule has 2 heterocycles. The summed E-state index contributed by atoms with van der Waals surface area (Å²) in [7, 11) is 0. The first-order chi connectivity index (χ1) is 12.5. The van der Waals surface area contributed by atoms with Crippen molar-refractivity contribution in [1.29, 1.82) is 0 Å². The van der Waals surface area contributed by atoms with Crippen molar-refractivity contribution in [3.05, 3.63) is 53.9 Å². The van der Waals surface area contributed by atoms with Gasteiger partial charge in [0.2, 0.25) is 5.91 Å². The molecule has 1 saturated heterocycles. The summed E-state index contributed by atoms with van der Waals surface area (Å²) in [5.41, 5.74) is 0.423. The van der Waals surface area contributed by atoms with Gasteiger partial charge in [0.05, 0.1) is 17.4 Å². The number of piperazine rings is 1. The van der Waals surface area contributed by atoms with Crippen LogP contribution in [0.5, 0.6) is 0 Å². The molecule has 1 aliphatic heterocycles. The van der Waals surface area contributed by atoms with Gasteiger partial charge < -0.3 is 15.1 Å². The van der Waals surface area contributed by atoms with Gasteiger partial charge in [0, 0.05) is 39.3 Å². The molecule has 1 aliphatic rings. The van der Waals surface area contributed by atoms with Crippen LogP contribution in [0.1, 0.15) is 17.3 Å². The Morgan fingerprint density at radius 3 is 2.35 bits per heavy atom. The van der Waals surface area contributed by atoms with Crippen LogP contribution in [-0.4, -0.2) is 47.9 Å². The molecule has 6 nitrogen and oxygen atoms in total. The predicted octanol–water partition coefficient (Wildman–Crippen LogP) is 2.28. The van der Waals surface area contributed by atoms with Crippen LogP contribution < -0.4 is 10.2 Å². The molecule has 0 spiro atoms. The first-order valence-electron chi connectivity index (χ1n) is 8.16. The zero-order valence-electron chi connectivity index (χ0n) is 14.2. The maximum absolute atomic E-state index is 13.7. The minimum Gasteiger partial charge on any atom is -0.367 e. The first-order valence-corrected chi connectivity index (χ1v) is 8.16. The van der Waals surface area contributed by atoms with Gasteiger partial charge in [0.25, 0.3) is 5.91 Å². The number of amides is 2. The smallest absolute Gasteiger partial charge is 0.257 e. The molecular formula is C18H18F2N4O2. The van der Waals surface area contributed by atoms with Crippen molar-refractivity contribution in [3.63, 3.8) is 0 Å². The number of carbonyl (C=O) groups excluding carboxylic acids is 2. The third kappa shape index (κ3) is 3.79. The fourth-order valence-corrected chi connectivity index (χ4v) is 2.81. The van der Waals surface area contributed by atoms with Crippen molar-refractivity contribution < 1.29 is 18.4 Å². The lowest BCUT2D eigenvalue weighted by molar-refractivity contribution is -0.129. The number of nitrogens with zero attached hydrogens (tertiary/aromatic N) is 3. The van der Waals surface area contributed by atoms with Crippen LogP contribution in [0.15, 0.2) is 36.7 Å². The number of hydrogen-bond acceptors (Lipinski definition) is 4. The summed E-state index contributed by atoms with van der Waals surface area (Å²) in [5.74, 6) is -2.31. The third-order valence-corrected chi connectivity index (χ3v) is 4.28. The minimum atomic E-state index is -0.845. The number of para-hydroxylation sites is 1. The number of rotatable bonds is 3. The summed E-state index contributed by atoms with van der Waals surface area (Å²) in [6, 6.07) is 4.98. The van der Waals surface area contributed by atoms with Crippen LogP contribution in [0.2, 0.25) is 0 Å². The van der Waals surface area contributed by atoms with Crippen molar-refractivity contribution >= 4 is 23.2 Å². The molecule has 8 heteroatoms. The average Bonchev–Trinajstić information content (AvgIpc) is 2.65. The van der Waals surface area contributed by atoms with E-state index in [0.717, 1.165) is 17.8 Å². The molecule has 1 N–H and O–H groups in total. The second kappa shape index (κ2) is 7.47. The summed E-state index contributed by atoms with van der Waals surface area (Å²) in [6.45, 7) is 3.95. The lowest BCUT2D eigenvalue weighted by Crippen LogP contribution is -2.48. The number of aromatic nitrogens is 1. The molecule has 0 saturated carbocycles. The average molecular weight is 360 g/mol. The van der Waals surface area contributed by atoms with Crippen LogP contribution in [-0.2, 0) is 4.79 Å². The Labute approximate surface area is 149 Å². The number of nitrogens with one attached hydrogen (secondary N) is 1. The maximum Gasteiger partial charge on any atom is 0.257 e. The van der Waals surface area contributed by atoms with Gasteiger partial charge in [-0.25, -0.2) is 8.78 Å². The molecule has 2 amide bonds. The van der Waals surface area contributed by atoms with Crippen molar-refractivity contribution in [2.75, 3.05) is 36.4 Å². The Morgan fingerprint density at radius 1 is 1.08 bits per heavy atom. The van der Waals surface area contributed by atoms with Gasteiger partial charge in [-0.3, -0.25) is 14.6 Å². The summed E-state index contributed by atoms with van der Waals surface area (Å²) in [4.78, 5) is 31.5. The van der Waals surface area contributed by atoms with Crippen molar-refractivity contribution in [2.24, 2.45) is 0 Å². The Hall–Kier alpha value is -3.03. The Kier molecular flexibility index (Phi) is 5.11. The normalized spacial score (nSPS) is 14.3. The van der Waals surface area contributed by atoms with Crippen LogP contribution in [0.3, 0.4) is 0 Å². The lowest BCUT2D eigenvalue weighted by atomic mass is 10.2. The number of carbonyl (C=O) groups is 2. The van der Waals surface area contributed by atoms with Crippen molar-refractivity contribution in [3.8, 4) is 0 Å². The Balaban J connectivity index is 1.73. The van der Waals surface area contributed by atoms with Gasteiger partial charge in [0.15, 0.2) is 0 Å². The maximum atomic E-state index is 13.7. The molecular weight excluding hydrogens is 342 g/mol. The van der Waals surface area contributed by atoms with E-state index in [4.69, 9.17) is 0 Å². The van der Waals surface area contributed by atoms with Gasteiger partial charge in [-0.1, -0.05) is 6.07 Å². The number of pyridine rings is 1. The molecule has 0 radical (unpaired) electrons. The second-order valence-electron chi connectivity index (χ2n) is 5.98. The lowest BCUT2D eigenvalue weighted by Gasteiger charge is -2.35. The highest BCUT2D eigenvalue weighted by molar-refractivity contribution is 6.04. The molecule has 136 valence electrons. The van der Waals surface area contributed by atoms with Crippen molar-refractivity contribution in [2.45, 2.75) is 6.92 Å². The van der Waals surface area contributed by atoms with E-state index >= 15 is 0 Å². The third-order valence-electron chi connectivity index (χ3n) is 4.28. The molecule has 26 heavy (non-hydrogen) atoms. The first kappa shape index (κ1) is 17.8. The van der Waals surface area contributed by atoms with E-state index in [1.165, 1.54) is 19.2 Å². The van der Waals surface area contributed by atoms with Gasteiger partial charge in [0.1, 0.15) is 17.3 Å². The minimum absolute atomic E-state index is 0.0304. The molecule has 1 fully saturated rings. The van der Waals surface area contributed by atoms with Crippen molar-refractivity contribution in [1.82, 2.24) is 9.88 Å². The summed E-state index contributed by atoms with van der Waals surface area (Å²) < 4.78 is 27.4. The molecule has 1 aromatic heterocycles. The van der Waals surface area contributed by atoms with E-state index in [1.807, 2.05) is 4.90 Å². The van der Waals surface area contributed by atoms with Crippen LogP contribution in [0.4, 0.5) is 20.2 Å². The van der Waals surface area contributed by atoms with Gasteiger partial charge in [-0.15, -0.1) is 0 Å². The van der Waals surface area contributed by atoms with Crippen LogP contribution in [0, 0.1) is 11.6 Å². The number of anilines is 2. The number of hydrogen-bond donors (Lipinski definition) is 1. The summed E-state index contributed by atoms with van der Waals surface area (Å²) in [6.07, 6.45) is 2.95. The van der Waals surface area contributed by atoms with Crippen LogP contribution >= 0.6 is 0 Å². The molecule has 1 aromatic carbocycles. The monoisotopic (exact) mass is 360 g/mol. The van der Waals surface area contributed by atoms with Crippen LogP contribution in [0.25, 0.3) is 0 Å². The summed E-state index contributed by atoms with van der Waals surface area (Å²) >= 11 is 0. The highest BCUT2D eigenvalue weighted by atomic mass is 19.1. The zero-order valence-corrected chi connectivity index (χ0v) is 14.2. The van der Waals surface area contributed by atoms with E-state index < -0.39 is 23.2 Å². The van der Waals surface area contributed by atoms with E-state index in [9.17, 15) is 18.4 Å². The zero-order chi connectivity index (χ0) is 18.7. The molecule has 0 bridgehead atoms. The van der Waals surface area contributed by atoms with E-state index in [0.29, 0.717) is 26.2 Å². The predicted molar refractivity (Wildman–Crippen MR) is 93.0 cm³/mol. The molecule has 2 aromatic rings. The second-order valence-corrected chi connectivity index (χ2v) is 5.98. The highest BCUT2D eigenvalue weighted by Crippen LogP contribution is 2.21. The van der Waals surface area contributed by atoms with Gasteiger partial charge >= 0.3 is 0 Å². The molecule has 0 aliphatic carbocycles. The standard InChI is InChI=1S/C18H18F2N4O2/c1-12(25)23-5-7-24(8-6-23)14-9-13(10-21-11-14)18(26)22-17-15(19)3-2-4-16(17)20/h2-4,9-11H,5-8H2,1H3,(H,22,26). The fourth-order valence-electron chi connectivity index (χ4n) is 2.81. The highest BCUT2D eigenvalue weighted by Gasteiger charge is 2.20. The summed E-state index contributed by atoms with van der Waals surface area (Å²) in [5, 5.41) is 2.25. The Morgan fingerprint density at radius 2 is 1.73 bits per heavy atom. The van der Waals surface area contributed by atoms with E-state index in [1.54, 1.807) is 17.2 Å². The molecule has 0 atom stereocenters. The largest absolute Gasteiger partial charge is 0.367 e. The van der Waals surface area contributed by atoms with Gasteiger partial charge in [-0.05, 0) is 18.2 Å². The Bertz CT molecular complexity index is 815. The van der Waals surface area contributed by atoms with E-state index in [2.05, 4.69) is 10.3 Å². The fraction of sp³-hybridized carbons (Fsp3) is 0.278. The SMILES string of the molecule is CC(=O)N1CCN(c2cncc(C(=O)Nc3c(F)cccc3F)c2)CC1. The number of halogens is 2. The van der Waals surface area contributed by atoms with E-state index in [-0.39, 0.29) is 11.5 Å². The topological polar surface area (TPSA) is 65.5 Å².